The van der Waals surface area contributed by atoms with E-state index in [-0.39, 0.29) is 17.1 Å². The summed E-state index contributed by atoms with van der Waals surface area (Å²) in [6.07, 6.45) is 1.70. The van der Waals surface area contributed by atoms with Crippen LogP contribution >= 0.6 is 0 Å². The third-order valence-corrected chi connectivity index (χ3v) is 4.35. The highest BCUT2D eigenvalue weighted by molar-refractivity contribution is 5.47. The van der Waals surface area contributed by atoms with Gasteiger partial charge >= 0.3 is 6.61 Å². The molecule has 8 heteroatoms. The van der Waals surface area contributed by atoms with Crippen LogP contribution in [0, 0.1) is 6.92 Å². The summed E-state index contributed by atoms with van der Waals surface area (Å²) >= 11 is 0. The second-order valence-corrected chi connectivity index (χ2v) is 6.74. The lowest BCUT2D eigenvalue weighted by Crippen LogP contribution is -2.22. The molecule has 154 valence electrons. The quantitative estimate of drug-likeness (QED) is 0.575. The molecule has 0 aliphatic rings. The maximum absolute atomic E-state index is 12.5. The summed E-state index contributed by atoms with van der Waals surface area (Å²) in [4.78, 5) is 18.9. The van der Waals surface area contributed by atoms with Gasteiger partial charge in [-0.2, -0.15) is 8.78 Å². The molecule has 0 N–H and O–H groups in total. The zero-order chi connectivity index (χ0) is 21.0. The summed E-state index contributed by atoms with van der Waals surface area (Å²) in [6.45, 7) is 2.08. The van der Waals surface area contributed by atoms with Crippen LogP contribution in [-0.4, -0.2) is 34.6 Å². The van der Waals surface area contributed by atoms with Crippen LogP contribution in [0.25, 0.3) is 5.65 Å². The van der Waals surface area contributed by atoms with Crippen molar-refractivity contribution in [3.63, 3.8) is 0 Å². The Balaban J connectivity index is 1.77. The first-order valence-electron chi connectivity index (χ1n) is 9.24. The molecule has 0 bridgehead atoms. The van der Waals surface area contributed by atoms with Gasteiger partial charge < -0.3 is 9.47 Å². The van der Waals surface area contributed by atoms with Crippen LogP contribution < -0.4 is 15.0 Å². The first kappa shape index (κ1) is 20.7. The number of alkyl halides is 2. The van der Waals surface area contributed by atoms with Gasteiger partial charge in [-0.3, -0.25) is 14.1 Å². The molecule has 2 aromatic heterocycles. The molecule has 0 unspecified atom stereocenters. The Morgan fingerprint density at radius 3 is 2.69 bits per heavy atom. The van der Waals surface area contributed by atoms with Crippen LogP contribution in [0.1, 0.15) is 23.7 Å². The molecular formula is C21H23F2N3O3. The number of nitrogens with zero attached hydrogens (tertiary/aromatic N) is 3. The molecule has 0 spiro atoms. The average Bonchev–Trinajstić information content (AvgIpc) is 2.64. The number of hydrogen-bond donors (Lipinski definition) is 0. The van der Waals surface area contributed by atoms with E-state index in [0.717, 1.165) is 11.1 Å². The minimum absolute atomic E-state index is 0.00736. The summed E-state index contributed by atoms with van der Waals surface area (Å²) < 4.78 is 36.5. The Labute approximate surface area is 167 Å². The maximum atomic E-state index is 12.5. The van der Waals surface area contributed by atoms with Crippen LogP contribution in [0.3, 0.4) is 0 Å². The number of benzene rings is 1. The van der Waals surface area contributed by atoms with Gasteiger partial charge in [-0.1, -0.05) is 12.1 Å². The van der Waals surface area contributed by atoms with Crippen molar-refractivity contribution in [2.45, 2.75) is 33.5 Å². The predicted molar refractivity (Wildman–Crippen MR) is 106 cm³/mol. The Hall–Kier alpha value is -3.00. The molecule has 0 fully saturated rings. The highest BCUT2D eigenvalue weighted by Crippen LogP contribution is 2.30. The molecule has 0 saturated carbocycles. The first-order valence-corrected chi connectivity index (χ1v) is 9.24. The van der Waals surface area contributed by atoms with Gasteiger partial charge in [-0.05, 0) is 50.2 Å². The standard InChI is InChI=1S/C21H23F2N3O3/c1-4-28-18-10-15(7-8-17(18)29-21(22)23)12-25(3)13-16-11-19(27)26-9-5-6-14(2)20(26)24-16/h5-11,21H,4,12-13H2,1-3H3. The number of pyridine rings is 1. The highest BCUT2D eigenvalue weighted by Gasteiger charge is 2.13. The average molecular weight is 403 g/mol. The number of aromatic nitrogens is 2. The van der Waals surface area contributed by atoms with Gasteiger partial charge in [-0.15, -0.1) is 0 Å². The van der Waals surface area contributed by atoms with E-state index in [0.29, 0.717) is 31.0 Å². The number of fused-ring (bicyclic) bond motifs is 1. The number of hydrogen-bond acceptors (Lipinski definition) is 5. The molecule has 3 aromatic rings. The van der Waals surface area contributed by atoms with Crippen molar-refractivity contribution in [2.75, 3.05) is 13.7 Å². The molecule has 0 aliphatic heterocycles. The Morgan fingerprint density at radius 2 is 1.97 bits per heavy atom. The highest BCUT2D eigenvalue weighted by atomic mass is 19.3. The molecule has 6 nitrogen and oxygen atoms in total. The topological polar surface area (TPSA) is 56.1 Å². The van der Waals surface area contributed by atoms with Crippen LogP contribution in [-0.2, 0) is 13.1 Å². The number of rotatable bonds is 8. The third kappa shape index (κ3) is 5.08. The smallest absolute Gasteiger partial charge is 0.387 e. The molecule has 1 aromatic carbocycles. The number of halogens is 2. The second kappa shape index (κ2) is 9.00. The lowest BCUT2D eigenvalue weighted by molar-refractivity contribution is -0.0514. The molecule has 0 aliphatic carbocycles. The second-order valence-electron chi connectivity index (χ2n) is 6.74. The van der Waals surface area contributed by atoms with Gasteiger partial charge in [0, 0.05) is 25.4 Å². The van der Waals surface area contributed by atoms with E-state index in [1.807, 2.05) is 31.0 Å². The van der Waals surface area contributed by atoms with E-state index >= 15 is 0 Å². The summed E-state index contributed by atoms with van der Waals surface area (Å²) in [6, 6.07) is 10.1. The van der Waals surface area contributed by atoms with Crippen molar-refractivity contribution in [3.8, 4) is 11.5 Å². The molecule has 3 rings (SSSR count). The van der Waals surface area contributed by atoms with Gasteiger partial charge in [0.1, 0.15) is 5.65 Å². The summed E-state index contributed by atoms with van der Waals surface area (Å²) in [5, 5.41) is 0. The van der Waals surface area contributed by atoms with Crippen LogP contribution in [0.15, 0.2) is 47.4 Å². The number of ether oxygens (including phenoxy) is 2. The van der Waals surface area contributed by atoms with Crippen molar-refractivity contribution >= 4 is 5.65 Å². The molecule has 29 heavy (non-hydrogen) atoms. The van der Waals surface area contributed by atoms with Gasteiger partial charge in [0.15, 0.2) is 11.5 Å². The van der Waals surface area contributed by atoms with Crippen molar-refractivity contribution in [1.29, 1.82) is 0 Å². The van der Waals surface area contributed by atoms with Crippen LogP contribution in [0.5, 0.6) is 11.5 Å². The summed E-state index contributed by atoms with van der Waals surface area (Å²) in [5.74, 6) is 0.282. The van der Waals surface area contributed by atoms with Gasteiger partial charge in [0.25, 0.3) is 5.56 Å². The summed E-state index contributed by atoms with van der Waals surface area (Å²) in [5.41, 5.74) is 2.95. The summed E-state index contributed by atoms with van der Waals surface area (Å²) in [7, 11) is 1.89. The SMILES string of the molecule is CCOc1cc(CN(C)Cc2cc(=O)n3cccc(C)c3n2)ccc1OC(F)F. The van der Waals surface area contributed by atoms with Crippen molar-refractivity contribution in [3.05, 3.63) is 69.8 Å². The van der Waals surface area contributed by atoms with E-state index in [9.17, 15) is 13.6 Å². The van der Waals surface area contributed by atoms with Crippen molar-refractivity contribution in [1.82, 2.24) is 14.3 Å². The van der Waals surface area contributed by atoms with Gasteiger partial charge in [-0.25, -0.2) is 4.98 Å². The number of aryl methyl sites for hydroxylation is 1. The predicted octanol–water partition coefficient (Wildman–Crippen LogP) is 3.64. The zero-order valence-electron chi connectivity index (χ0n) is 16.6. The zero-order valence-corrected chi connectivity index (χ0v) is 16.6. The monoisotopic (exact) mass is 403 g/mol. The normalized spacial score (nSPS) is 11.4. The third-order valence-electron chi connectivity index (χ3n) is 4.35. The van der Waals surface area contributed by atoms with Crippen LogP contribution in [0.4, 0.5) is 8.78 Å². The molecule has 2 heterocycles. The fourth-order valence-electron chi connectivity index (χ4n) is 3.15. The van der Waals surface area contributed by atoms with E-state index in [1.54, 1.807) is 25.3 Å². The first-order chi connectivity index (χ1) is 13.9. The molecule has 0 atom stereocenters. The minimum Gasteiger partial charge on any atom is -0.490 e. The van der Waals surface area contributed by atoms with Gasteiger partial charge in [0.2, 0.25) is 0 Å². The fraction of sp³-hybridized carbons (Fsp3) is 0.333. The van der Waals surface area contributed by atoms with E-state index < -0.39 is 6.61 Å². The Morgan fingerprint density at radius 1 is 1.17 bits per heavy atom. The maximum Gasteiger partial charge on any atom is 0.387 e. The fourth-order valence-corrected chi connectivity index (χ4v) is 3.15. The lowest BCUT2D eigenvalue weighted by atomic mass is 10.2. The minimum atomic E-state index is -2.91. The molecule has 0 amide bonds. The van der Waals surface area contributed by atoms with Crippen LogP contribution in [0.2, 0.25) is 0 Å². The van der Waals surface area contributed by atoms with E-state index in [2.05, 4.69) is 9.72 Å². The van der Waals surface area contributed by atoms with E-state index in [4.69, 9.17) is 4.74 Å². The van der Waals surface area contributed by atoms with Crippen molar-refractivity contribution in [2.24, 2.45) is 0 Å². The lowest BCUT2D eigenvalue weighted by Gasteiger charge is -2.18. The van der Waals surface area contributed by atoms with Crippen molar-refractivity contribution < 1.29 is 18.3 Å². The molecule has 0 radical (unpaired) electrons. The molecular weight excluding hydrogens is 380 g/mol. The Bertz CT molecular complexity index is 1050. The Kier molecular flexibility index (Phi) is 6.43. The van der Waals surface area contributed by atoms with Gasteiger partial charge in [0.05, 0.1) is 12.3 Å². The van der Waals surface area contributed by atoms with E-state index in [1.165, 1.54) is 16.5 Å². The molecule has 0 saturated heterocycles. The largest absolute Gasteiger partial charge is 0.490 e.